The molecular formula is C3H6N2. The van der Waals surface area contributed by atoms with Crippen LogP contribution in [0.1, 0.15) is 2.74 Å². The summed E-state index contributed by atoms with van der Waals surface area (Å²) < 4.78 is 27.7. The molecule has 0 aromatic rings. The van der Waals surface area contributed by atoms with Gasteiger partial charge in [-0.1, -0.05) is 0 Å². The Balaban J connectivity index is 2.70. The zero-order chi connectivity index (χ0) is 7.02. The maximum atomic E-state index is 6.98. The minimum atomic E-state index is -1.07. The van der Waals surface area contributed by atoms with Crippen LogP contribution in [0.15, 0.2) is 12.4 Å². The topological polar surface area (TPSA) is 24.1 Å². The van der Waals surface area contributed by atoms with Gasteiger partial charge in [0.25, 0.3) is 0 Å². The number of rotatable bonds is 0. The first-order valence-electron chi connectivity index (χ1n) is 3.26. The van der Waals surface area contributed by atoms with E-state index in [0.29, 0.717) is 5.31 Å². The normalized spacial score (nSPS) is 49.6. The van der Waals surface area contributed by atoms with Gasteiger partial charge in [-0.05, 0) is 0 Å². The second-order valence-electron chi connectivity index (χ2n) is 0.652. The van der Waals surface area contributed by atoms with Crippen LogP contribution in [0.2, 0.25) is 2.82 Å². The first-order chi connectivity index (χ1) is 4.13. The van der Waals surface area contributed by atoms with E-state index in [1.807, 2.05) is 0 Å². The molecule has 5 heavy (non-hydrogen) atoms. The molecule has 1 aliphatic heterocycles. The molecule has 28 valence electrons. The van der Waals surface area contributed by atoms with E-state index in [-0.39, 0.29) is 6.18 Å². The van der Waals surface area contributed by atoms with Gasteiger partial charge >= 0.3 is 0 Å². The van der Waals surface area contributed by atoms with Crippen LogP contribution in [0, 0.1) is 0 Å². The summed E-state index contributed by atoms with van der Waals surface area (Å²) in [6.45, 7) is -1.07. The average molecular weight is 74.1 g/mol. The molecule has 0 radical (unpaired) electrons. The Morgan fingerprint density at radius 2 is 3.20 bits per heavy atom. The predicted octanol–water partition coefficient (Wildman–Crippen LogP) is -0.392. The van der Waals surface area contributed by atoms with Crippen LogP contribution in [0.3, 0.4) is 0 Å². The van der Waals surface area contributed by atoms with Crippen LogP contribution in [0.25, 0.3) is 0 Å². The summed E-state index contributed by atoms with van der Waals surface area (Å²) in [5.41, 5.74) is 0. The molecule has 1 atom stereocenters. The Labute approximate surface area is 36.6 Å². The SMILES string of the molecule is [2H]C1=CN([2H])C([2H])N1[2H]. The van der Waals surface area contributed by atoms with Crippen molar-refractivity contribution in [3.05, 3.63) is 12.4 Å². The van der Waals surface area contributed by atoms with Gasteiger partial charge in [0.15, 0.2) is 2.82 Å². The molecule has 2 nitrogen and oxygen atoms in total. The van der Waals surface area contributed by atoms with E-state index < -0.39 is 6.64 Å². The zero-order valence-corrected chi connectivity index (χ0v) is 2.55. The fraction of sp³-hybridized carbons (Fsp3) is 0.333. The lowest BCUT2D eigenvalue weighted by molar-refractivity contribution is 0.836. The molecule has 0 spiro atoms. The highest BCUT2D eigenvalue weighted by molar-refractivity contribution is 4.82. The van der Waals surface area contributed by atoms with Gasteiger partial charge in [0.2, 0.25) is 0 Å². The van der Waals surface area contributed by atoms with Gasteiger partial charge in [-0.25, -0.2) is 0 Å². The third-order valence-corrected chi connectivity index (χ3v) is 0.331. The number of hydrogen-bond acceptors (Lipinski definition) is 2. The van der Waals surface area contributed by atoms with Gasteiger partial charge in [-0.2, -0.15) is 0 Å². The molecule has 1 unspecified atom stereocenters. The van der Waals surface area contributed by atoms with Gasteiger partial charge in [-0.3, -0.25) is 0 Å². The molecule has 0 amide bonds. The molecule has 0 fully saturated rings. The molecule has 1 rings (SSSR count). The summed E-state index contributed by atoms with van der Waals surface area (Å²) in [7, 11) is 0. The smallest absolute Gasteiger partial charge is 0.161 e. The van der Waals surface area contributed by atoms with Crippen LogP contribution in [0.4, 0.5) is 0 Å². The molecule has 0 aromatic carbocycles. The van der Waals surface area contributed by atoms with Gasteiger partial charge in [0, 0.05) is 12.4 Å². The summed E-state index contributed by atoms with van der Waals surface area (Å²) in [6, 6.07) is 0. The predicted molar refractivity (Wildman–Crippen MR) is 20.3 cm³/mol. The van der Waals surface area contributed by atoms with Crippen molar-refractivity contribution in [1.82, 2.24) is 10.6 Å². The fourth-order valence-corrected chi connectivity index (χ4v) is 0.167. The zero-order valence-electron chi connectivity index (χ0n) is 6.55. The second kappa shape index (κ2) is 0.971. The van der Waals surface area contributed by atoms with E-state index in [0.717, 1.165) is 11.5 Å². The van der Waals surface area contributed by atoms with Crippen molar-refractivity contribution in [3.8, 4) is 0 Å². The third kappa shape index (κ3) is 0.318. The van der Waals surface area contributed by atoms with Crippen molar-refractivity contribution in [1.29, 1.82) is 0 Å². The highest BCUT2D eigenvalue weighted by Gasteiger charge is 1.77. The van der Waals surface area contributed by atoms with Crippen LogP contribution in [0.5, 0.6) is 0 Å². The summed E-state index contributed by atoms with van der Waals surface area (Å²) in [6.07, 6.45) is 0.995. The molecule has 0 aromatic heterocycles. The molecular weight excluding hydrogens is 64.0 g/mol. The highest BCUT2D eigenvalue weighted by Crippen LogP contribution is 1.65. The quantitative estimate of drug-likeness (QED) is 0.409. The van der Waals surface area contributed by atoms with Gasteiger partial charge < -0.3 is 10.6 Å². The van der Waals surface area contributed by atoms with Gasteiger partial charge in [-0.15, -0.1) is 0 Å². The molecule has 0 saturated heterocycles. The van der Waals surface area contributed by atoms with E-state index in [1.54, 1.807) is 0 Å². The monoisotopic (exact) mass is 74.1 g/mol. The lowest BCUT2D eigenvalue weighted by Crippen LogP contribution is -2.10. The molecule has 0 bridgehead atoms. The van der Waals surface area contributed by atoms with E-state index >= 15 is 0 Å². The Morgan fingerprint density at radius 3 is 3.40 bits per heavy atom. The van der Waals surface area contributed by atoms with E-state index in [9.17, 15) is 0 Å². The van der Waals surface area contributed by atoms with Crippen molar-refractivity contribution < 1.29 is 5.57 Å². The Bertz CT molecular complexity index is 147. The Kier molecular flexibility index (Phi) is 0.135. The van der Waals surface area contributed by atoms with Crippen molar-refractivity contribution >= 4 is 0 Å². The molecule has 2 heteroatoms. The largest absolute Gasteiger partial charge is 0.373 e. The first-order valence-corrected chi connectivity index (χ1v) is 1.29. The summed E-state index contributed by atoms with van der Waals surface area (Å²) >= 11 is 0. The van der Waals surface area contributed by atoms with Crippen molar-refractivity contribution in [2.24, 2.45) is 0 Å². The van der Waals surface area contributed by atoms with Crippen LogP contribution in [-0.2, 0) is 0 Å². The molecule has 0 aliphatic carbocycles. The second-order valence-corrected chi connectivity index (χ2v) is 0.652. The standard InChI is InChI=1S/C3H6N2/c1-2-5-3-4-1/h1-2,4-5H,3H2/i1D,3D/hD2. The summed E-state index contributed by atoms with van der Waals surface area (Å²) in [5.74, 6) is 0. The molecule has 0 saturated carbocycles. The maximum absolute atomic E-state index is 6.98. The highest BCUT2D eigenvalue weighted by atomic mass is 15.1. The fourth-order valence-electron chi connectivity index (χ4n) is 0.167. The molecule has 2 N–H and O–H groups in total. The minimum absolute atomic E-state index is 0.120. The van der Waals surface area contributed by atoms with Crippen molar-refractivity contribution in [3.63, 3.8) is 0 Å². The lowest BCUT2D eigenvalue weighted by atomic mass is 11.0. The number of nitrogens with one attached hydrogen (secondary N) is 2. The molecule has 1 heterocycles. The van der Waals surface area contributed by atoms with Crippen LogP contribution >= 0.6 is 0 Å². The lowest BCUT2D eigenvalue weighted by Gasteiger charge is -1.82. The maximum Gasteiger partial charge on any atom is 0.161 e. The van der Waals surface area contributed by atoms with Crippen molar-refractivity contribution in [2.75, 3.05) is 6.64 Å². The Morgan fingerprint density at radius 1 is 2.20 bits per heavy atom. The van der Waals surface area contributed by atoms with E-state index in [1.165, 1.54) is 0 Å². The van der Waals surface area contributed by atoms with E-state index in [2.05, 4.69) is 0 Å². The average Bonchev–Trinajstić information content (AvgIpc) is 1.98. The van der Waals surface area contributed by atoms with Gasteiger partial charge in [0.05, 0.1) is 9.39 Å². The first kappa shape index (κ1) is 0.696. The van der Waals surface area contributed by atoms with Crippen molar-refractivity contribution in [2.45, 2.75) is 0 Å². The van der Waals surface area contributed by atoms with Gasteiger partial charge in [0.1, 0.15) is 0 Å². The van der Waals surface area contributed by atoms with Crippen LogP contribution in [-0.4, -0.2) is 6.64 Å². The van der Waals surface area contributed by atoms with E-state index in [4.69, 9.17) is 5.57 Å². The van der Waals surface area contributed by atoms with Crippen LogP contribution < -0.4 is 10.6 Å². The Hall–Kier alpha value is -0.660. The summed E-state index contributed by atoms with van der Waals surface area (Å²) in [5, 5.41) is 1.39. The number of hydrogen-bond donors (Lipinski definition) is 2. The molecule has 1 aliphatic rings. The summed E-state index contributed by atoms with van der Waals surface area (Å²) in [4.78, 5) is 0. The third-order valence-electron chi connectivity index (χ3n) is 0.331. The minimum Gasteiger partial charge on any atom is -0.373 e.